The molecule has 1 aromatic rings. The highest BCUT2D eigenvalue weighted by Gasteiger charge is 2.16. The second kappa shape index (κ2) is 8.11. The predicted octanol–water partition coefficient (Wildman–Crippen LogP) is 2.50. The molecule has 0 radical (unpaired) electrons. The Kier molecular flexibility index (Phi) is 8.09. The van der Waals surface area contributed by atoms with E-state index in [1.165, 1.54) is 12.0 Å². The summed E-state index contributed by atoms with van der Waals surface area (Å²) < 4.78 is 0. The summed E-state index contributed by atoms with van der Waals surface area (Å²) in [5.41, 5.74) is 7.13. The summed E-state index contributed by atoms with van der Waals surface area (Å²) >= 11 is 5.73. The third-order valence-electron chi connectivity index (χ3n) is 2.74. The molecule has 1 atom stereocenters. The Labute approximate surface area is 120 Å². The minimum atomic E-state index is 0. The van der Waals surface area contributed by atoms with Gasteiger partial charge in [0.1, 0.15) is 5.15 Å². The molecule has 0 spiro atoms. The highest BCUT2D eigenvalue weighted by atomic mass is 35.5. The van der Waals surface area contributed by atoms with Crippen molar-refractivity contribution in [3.05, 3.63) is 29.0 Å². The van der Waals surface area contributed by atoms with Gasteiger partial charge in [-0.3, -0.25) is 4.90 Å². The van der Waals surface area contributed by atoms with Gasteiger partial charge < -0.3 is 5.73 Å². The van der Waals surface area contributed by atoms with Crippen LogP contribution < -0.4 is 5.73 Å². The summed E-state index contributed by atoms with van der Waals surface area (Å²) in [5, 5.41) is 0.550. The number of pyridine rings is 1. The lowest BCUT2D eigenvalue weighted by molar-refractivity contribution is 0.201. The maximum atomic E-state index is 5.92. The Balaban J connectivity index is 0.00000128. The van der Waals surface area contributed by atoms with Crippen LogP contribution in [-0.2, 0) is 6.54 Å². The zero-order chi connectivity index (χ0) is 10.7. The third kappa shape index (κ3) is 5.40. The molecular formula is C11H18Cl3N3. The molecule has 0 amide bonds. The molecule has 0 aliphatic carbocycles. The van der Waals surface area contributed by atoms with E-state index in [1.54, 1.807) is 0 Å². The summed E-state index contributed by atoms with van der Waals surface area (Å²) in [6.45, 7) is 3.05. The second-order valence-corrected chi connectivity index (χ2v) is 4.51. The number of likely N-dealkylation sites (tertiary alicyclic amines) is 1. The maximum absolute atomic E-state index is 5.92. The van der Waals surface area contributed by atoms with Crippen LogP contribution in [0.1, 0.15) is 18.4 Å². The summed E-state index contributed by atoms with van der Waals surface area (Å²) in [6, 6.07) is 4.19. The van der Waals surface area contributed by atoms with Crippen LogP contribution in [0.15, 0.2) is 18.3 Å². The van der Waals surface area contributed by atoms with Crippen molar-refractivity contribution < 1.29 is 0 Å². The van der Waals surface area contributed by atoms with E-state index in [-0.39, 0.29) is 24.8 Å². The summed E-state index contributed by atoms with van der Waals surface area (Å²) in [5.74, 6) is 0. The average Bonchev–Trinajstić information content (AvgIpc) is 2.22. The first-order valence-electron chi connectivity index (χ1n) is 5.32. The Morgan fingerprint density at radius 1 is 1.41 bits per heavy atom. The quantitative estimate of drug-likeness (QED) is 0.853. The number of piperidine rings is 1. The van der Waals surface area contributed by atoms with Gasteiger partial charge in [0.25, 0.3) is 0 Å². The van der Waals surface area contributed by atoms with Crippen LogP contribution in [0.5, 0.6) is 0 Å². The molecule has 2 rings (SSSR count). The number of aromatic nitrogens is 1. The van der Waals surface area contributed by atoms with Gasteiger partial charge in [-0.1, -0.05) is 17.7 Å². The number of rotatable bonds is 2. The van der Waals surface area contributed by atoms with E-state index in [4.69, 9.17) is 17.3 Å². The first-order valence-corrected chi connectivity index (χ1v) is 5.70. The average molecular weight is 299 g/mol. The molecule has 0 bridgehead atoms. The minimum absolute atomic E-state index is 0. The van der Waals surface area contributed by atoms with E-state index < -0.39 is 0 Å². The molecule has 2 heterocycles. The molecule has 1 saturated heterocycles. The number of hydrogen-bond donors (Lipinski definition) is 1. The van der Waals surface area contributed by atoms with Crippen molar-refractivity contribution in [2.75, 3.05) is 13.1 Å². The Morgan fingerprint density at radius 2 is 2.18 bits per heavy atom. The smallest absolute Gasteiger partial charge is 0.129 e. The van der Waals surface area contributed by atoms with Gasteiger partial charge in [-0.15, -0.1) is 24.8 Å². The van der Waals surface area contributed by atoms with Crippen molar-refractivity contribution in [1.29, 1.82) is 0 Å². The van der Waals surface area contributed by atoms with Crippen LogP contribution in [0.4, 0.5) is 0 Å². The highest BCUT2D eigenvalue weighted by Crippen LogP contribution is 2.13. The molecule has 98 valence electrons. The Hall–Kier alpha value is -0.0600. The Morgan fingerprint density at radius 3 is 2.76 bits per heavy atom. The SMILES string of the molecule is Cl.Cl.NC1CCCN(Cc2ccc(Cl)nc2)C1. The lowest BCUT2D eigenvalue weighted by atomic mass is 10.1. The van der Waals surface area contributed by atoms with Crippen LogP contribution in [0.2, 0.25) is 5.15 Å². The molecule has 2 N–H and O–H groups in total. The fraction of sp³-hybridized carbons (Fsp3) is 0.545. The molecule has 1 unspecified atom stereocenters. The van der Waals surface area contributed by atoms with E-state index in [0.717, 1.165) is 26.1 Å². The van der Waals surface area contributed by atoms with Crippen LogP contribution in [-0.4, -0.2) is 29.0 Å². The fourth-order valence-electron chi connectivity index (χ4n) is 1.99. The standard InChI is InChI=1S/C11H16ClN3.2ClH/c12-11-4-3-9(6-14-11)7-15-5-1-2-10(13)8-15;;/h3-4,6,10H,1-2,5,7-8,13H2;2*1H. The molecule has 3 nitrogen and oxygen atoms in total. The topological polar surface area (TPSA) is 42.1 Å². The van der Waals surface area contributed by atoms with Crippen molar-refractivity contribution >= 4 is 36.4 Å². The predicted molar refractivity (Wildman–Crippen MR) is 76.2 cm³/mol. The molecule has 1 aliphatic heterocycles. The van der Waals surface area contributed by atoms with E-state index in [9.17, 15) is 0 Å². The van der Waals surface area contributed by atoms with Crippen molar-refractivity contribution in [2.45, 2.75) is 25.4 Å². The van der Waals surface area contributed by atoms with Gasteiger partial charge in [-0.25, -0.2) is 4.98 Å². The molecule has 1 fully saturated rings. The van der Waals surface area contributed by atoms with Crippen molar-refractivity contribution in [3.8, 4) is 0 Å². The molecule has 0 aromatic carbocycles. The molecular weight excluding hydrogens is 281 g/mol. The highest BCUT2D eigenvalue weighted by molar-refractivity contribution is 6.29. The summed E-state index contributed by atoms with van der Waals surface area (Å²) in [4.78, 5) is 6.45. The number of hydrogen-bond acceptors (Lipinski definition) is 3. The lowest BCUT2D eigenvalue weighted by Crippen LogP contribution is -2.42. The molecule has 17 heavy (non-hydrogen) atoms. The van der Waals surface area contributed by atoms with Crippen LogP contribution in [0.3, 0.4) is 0 Å². The van der Waals surface area contributed by atoms with Gasteiger partial charge in [0, 0.05) is 25.3 Å². The van der Waals surface area contributed by atoms with Gasteiger partial charge >= 0.3 is 0 Å². The van der Waals surface area contributed by atoms with Crippen LogP contribution >= 0.6 is 36.4 Å². The van der Waals surface area contributed by atoms with Crippen molar-refractivity contribution in [2.24, 2.45) is 5.73 Å². The first-order chi connectivity index (χ1) is 7.24. The lowest BCUT2D eigenvalue weighted by Gasteiger charge is -2.30. The zero-order valence-corrected chi connectivity index (χ0v) is 11.9. The van der Waals surface area contributed by atoms with Gasteiger partial charge in [0.05, 0.1) is 0 Å². The van der Waals surface area contributed by atoms with E-state index in [1.807, 2.05) is 18.3 Å². The van der Waals surface area contributed by atoms with E-state index >= 15 is 0 Å². The number of nitrogens with two attached hydrogens (primary N) is 1. The Bertz CT molecular complexity index is 318. The molecule has 1 aliphatic rings. The first kappa shape index (κ1) is 16.9. The largest absolute Gasteiger partial charge is 0.327 e. The summed E-state index contributed by atoms with van der Waals surface area (Å²) in [6.07, 6.45) is 4.18. The number of nitrogens with zero attached hydrogens (tertiary/aromatic N) is 2. The van der Waals surface area contributed by atoms with Gasteiger partial charge in [-0.05, 0) is 31.0 Å². The van der Waals surface area contributed by atoms with Gasteiger partial charge in [-0.2, -0.15) is 0 Å². The normalized spacial score (nSPS) is 20.2. The second-order valence-electron chi connectivity index (χ2n) is 4.13. The van der Waals surface area contributed by atoms with Crippen molar-refractivity contribution in [3.63, 3.8) is 0 Å². The maximum Gasteiger partial charge on any atom is 0.129 e. The van der Waals surface area contributed by atoms with Crippen LogP contribution in [0.25, 0.3) is 0 Å². The summed E-state index contributed by atoms with van der Waals surface area (Å²) in [7, 11) is 0. The van der Waals surface area contributed by atoms with E-state index in [2.05, 4.69) is 9.88 Å². The van der Waals surface area contributed by atoms with Gasteiger partial charge in [0.15, 0.2) is 0 Å². The van der Waals surface area contributed by atoms with Crippen LogP contribution in [0, 0.1) is 0 Å². The van der Waals surface area contributed by atoms with E-state index in [0.29, 0.717) is 11.2 Å². The fourth-order valence-corrected chi connectivity index (χ4v) is 2.10. The minimum Gasteiger partial charge on any atom is -0.327 e. The molecule has 6 heteroatoms. The van der Waals surface area contributed by atoms with Gasteiger partial charge in [0.2, 0.25) is 0 Å². The van der Waals surface area contributed by atoms with Crippen molar-refractivity contribution in [1.82, 2.24) is 9.88 Å². The monoisotopic (exact) mass is 297 g/mol. The molecule has 1 aromatic heterocycles. The third-order valence-corrected chi connectivity index (χ3v) is 2.96. The zero-order valence-electron chi connectivity index (χ0n) is 9.51. The molecule has 0 saturated carbocycles. The number of halogens is 3.